The second kappa shape index (κ2) is 8.01. The van der Waals surface area contributed by atoms with Crippen LogP contribution in [0, 0.1) is 0 Å². The smallest absolute Gasteiger partial charge is 0.0584 e. The lowest BCUT2D eigenvalue weighted by Gasteiger charge is -2.19. The first-order valence-electron chi connectivity index (χ1n) is 5.60. The molecule has 0 rings (SSSR count). The Morgan fingerprint density at radius 2 is 2.07 bits per heavy atom. The molecule has 2 atom stereocenters. The van der Waals surface area contributed by atoms with E-state index in [9.17, 15) is 0 Å². The zero-order chi connectivity index (χ0) is 11.0. The van der Waals surface area contributed by atoms with E-state index in [2.05, 4.69) is 39.1 Å². The van der Waals surface area contributed by atoms with Crippen molar-refractivity contribution in [1.29, 1.82) is 0 Å². The van der Waals surface area contributed by atoms with Gasteiger partial charge in [-0.2, -0.15) is 0 Å². The molecule has 0 spiro atoms. The van der Waals surface area contributed by atoms with Gasteiger partial charge in [-0.05, 0) is 40.0 Å². The van der Waals surface area contributed by atoms with Crippen molar-refractivity contribution in [3.05, 3.63) is 11.6 Å². The number of nitrogens with one attached hydrogen (secondary N) is 1. The predicted molar refractivity (Wildman–Crippen MR) is 62.4 cm³/mol. The Hall–Kier alpha value is -0.340. The van der Waals surface area contributed by atoms with Gasteiger partial charge in [0.05, 0.1) is 6.61 Å². The fraction of sp³-hybridized carbons (Fsp3) is 0.833. The van der Waals surface area contributed by atoms with Crippen LogP contribution in [0.4, 0.5) is 0 Å². The largest absolute Gasteiger partial charge is 0.395 e. The van der Waals surface area contributed by atoms with Gasteiger partial charge in [-0.15, -0.1) is 0 Å². The van der Waals surface area contributed by atoms with Crippen LogP contribution in [0.15, 0.2) is 11.6 Å². The first kappa shape index (κ1) is 13.7. The van der Waals surface area contributed by atoms with E-state index in [1.165, 1.54) is 5.57 Å². The second-order valence-electron chi connectivity index (χ2n) is 4.21. The molecule has 0 saturated heterocycles. The van der Waals surface area contributed by atoms with Gasteiger partial charge < -0.3 is 10.4 Å². The number of rotatable bonds is 7. The Balaban J connectivity index is 3.63. The molecule has 0 saturated carbocycles. The van der Waals surface area contributed by atoms with E-state index in [1.54, 1.807) is 0 Å². The molecule has 0 aromatic rings. The third kappa shape index (κ3) is 7.10. The van der Waals surface area contributed by atoms with Crippen LogP contribution in [0.1, 0.15) is 47.0 Å². The lowest BCUT2D eigenvalue weighted by molar-refractivity contribution is 0.228. The molecule has 84 valence electrons. The number of aliphatic hydroxyl groups excluding tert-OH is 1. The molecule has 0 fully saturated rings. The van der Waals surface area contributed by atoms with Crippen molar-refractivity contribution in [1.82, 2.24) is 5.32 Å². The zero-order valence-electron chi connectivity index (χ0n) is 10.0. The normalized spacial score (nSPS) is 14.9. The molecule has 2 nitrogen and oxygen atoms in total. The number of hydrogen-bond acceptors (Lipinski definition) is 2. The molecule has 0 aliphatic heterocycles. The summed E-state index contributed by atoms with van der Waals surface area (Å²) in [6, 6.07) is 0.749. The van der Waals surface area contributed by atoms with Crippen LogP contribution in [0.2, 0.25) is 0 Å². The SMILES string of the molecule is CCC(CO)NC(C)CCC=C(C)C. The summed E-state index contributed by atoms with van der Waals surface area (Å²) in [4.78, 5) is 0. The molecule has 2 N–H and O–H groups in total. The molecule has 2 unspecified atom stereocenters. The maximum absolute atomic E-state index is 9.01. The molecule has 0 aromatic heterocycles. The van der Waals surface area contributed by atoms with Crippen molar-refractivity contribution in [3.8, 4) is 0 Å². The summed E-state index contributed by atoms with van der Waals surface area (Å²) in [6.07, 6.45) is 5.52. The van der Waals surface area contributed by atoms with Crippen molar-refractivity contribution in [2.45, 2.75) is 59.0 Å². The van der Waals surface area contributed by atoms with Crippen molar-refractivity contribution in [2.75, 3.05) is 6.61 Å². The number of hydrogen-bond donors (Lipinski definition) is 2. The fourth-order valence-corrected chi connectivity index (χ4v) is 1.41. The Bertz CT molecular complexity index is 158. The molecular formula is C12H25NO. The minimum absolute atomic E-state index is 0.240. The van der Waals surface area contributed by atoms with Crippen molar-refractivity contribution in [3.63, 3.8) is 0 Å². The maximum Gasteiger partial charge on any atom is 0.0584 e. The summed E-state index contributed by atoms with van der Waals surface area (Å²) < 4.78 is 0. The highest BCUT2D eigenvalue weighted by Gasteiger charge is 2.07. The van der Waals surface area contributed by atoms with E-state index in [1.807, 2.05) is 0 Å². The Morgan fingerprint density at radius 1 is 1.43 bits per heavy atom. The van der Waals surface area contributed by atoms with Gasteiger partial charge in [0.2, 0.25) is 0 Å². The molecule has 2 heteroatoms. The average molecular weight is 199 g/mol. The lowest BCUT2D eigenvalue weighted by Crippen LogP contribution is -2.38. The quantitative estimate of drug-likeness (QED) is 0.617. The van der Waals surface area contributed by atoms with Crippen LogP contribution in [-0.4, -0.2) is 23.8 Å². The number of allylic oxidation sites excluding steroid dienone is 2. The number of aliphatic hydroxyl groups is 1. The lowest BCUT2D eigenvalue weighted by atomic mass is 10.1. The Kier molecular flexibility index (Phi) is 7.81. The summed E-state index contributed by atoms with van der Waals surface area (Å²) in [5.74, 6) is 0. The molecule has 14 heavy (non-hydrogen) atoms. The predicted octanol–water partition coefficient (Wildman–Crippen LogP) is 2.48. The standard InChI is InChI=1S/C12H25NO/c1-5-12(9-14)13-11(4)8-6-7-10(2)3/h7,11-14H,5-6,8-9H2,1-4H3. The third-order valence-electron chi connectivity index (χ3n) is 2.39. The first-order chi connectivity index (χ1) is 6.60. The van der Waals surface area contributed by atoms with Gasteiger partial charge in [0.15, 0.2) is 0 Å². The minimum atomic E-state index is 0.240. The van der Waals surface area contributed by atoms with E-state index in [0.717, 1.165) is 19.3 Å². The van der Waals surface area contributed by atoms with Crippen molar-refractivity contribution in [2.24, 2.45) is 0 Å². The van der Waals surface area contributed by atoms with Crippen LogP contribution >= 0.6 is 0 Å². The molecular weight excluding hydrogens is 174 g/mol. The average Bonchev–Trinajstić information content (AvgIpc) is 2.13. The third-order valence-corrected chi connectivity index (χ3v) is 2.39. The Labute approximate surface area is 88.4 Å². The van der Waals surface area contributed by atoms with E-state index >= 15 is 0 Å². The minimum Gasteiger partial charge on any atom is -0.395 e. The van der Waals surface area contributed by atoms with Gasteiger partial charge in [-0.3, -0.25) is 0 Å². The van der Waals surface area contributed by atoms with E-state index in [0.29, 0.717) is 6.04 Å². The van der Waals surface area contributed by atoms with Gasteiger partial charge in [0.25, 0.3) is 0 Å². The van der Waals surface area contributed by atoms with E-state index in [4.69, 9.17) is 5.11 Å². The van der Waals surface area contributed by atoms with Gasteiger partial charge in [0, 0.05) is 12.1 Å². The summed E-state index contributed by atoms with van der Waals surface area (Å²) in [6.45, 7) is 8.76. The van der Waals surface area contributed by atoms with Crippen LogP contribution in [0.5, 0.6) is 0 Å². The Morgan fingerprint density at radius 3 is 2.50 bits per heavy atom. The summed E-state index contributed by atoms with van der Waals surface area (Å²) in [5.41, 5.74) is 1.38. The molecule has 0 aliphatic rings. The summed E-state index contributed by atoms with van der Waals surface area (Å²) in [5, 5.41) is 12.4. The van der Waals surface area contributed by atoms with Crippen LogP contribution < -0.4 is 5.32 Å². The highest BCUT2D eigenvalue weighted by atomic mass is 16.3. The van der Waals surface area contributed by atoms with Crippen molar-refractivity contribution >= 4 is 0 Å². The first-order valence-corrected chi connectivity index (χ1v) is 5.60. The van der Waals surface area contributed by atoms with Crippen LogP contribution in [-0.2, 0) is 0 Å². The molecule has 0 aliphatic carbocycles. The van der Waals surface area contributed by atoms with Gasteiger partial charge in [-0.25, -0.2) is 0 Å². The highest BCUT2D eigenvalue weighted by molar-refractivity contribution is 4.93. The van der Waals surface area contributed by atoms with Crippen LogP contribution in [0.3, 0.4) is 0 Å². The maximum atomic E-state index is 9.01. The highest BCUT2D eigenvalue weighted by Crippen LogP contribution is 2.03. The molecule has 0 heterocycles. The van der Waals surface area contributed by atoms with Crippen LogP contribution in [0.25, 0.3) is 0 Å². The van der Waals surface area contributed by atoms with Crippen molar-refractivity contribution < 1.29 is 5.11 Å². The second-order valence-corrected chi connectivity index (χ2v) is 4.21. The fourth-order valence-electron chi connectivity index (χ4n) is 1.41. The zero-order valence-corrected chi connectivity index (χ0v) is 10.0. The van der Waals surface area contributed by atoms with Gasteiger partial charge in [0.1, 0.15) is 0 Å². The van der Waals surface area contributed by atoms with E-state index in [-0.39, 0.29) is 12.6 Å². The molecule has 0 amide bonds. The monoisotopic (exact) mass is 199 g/mol. The topological polar surface area (TPSA) is 32.3 Å². The summed E-state index contributed by atoms with van der Waals surface area (Å²) in [7, 11) is 0. The molecule has 0 radical (unpaired) electrons. The summed E-state index contributed by atoms with van der Waals surface area (Å²) >= 11 is 0. The molecule has 0 bridgehead atoms. The van der Waals surface area contributed by atoms with Gasteiger partial charge in [-0.1, -0.05) is 18.6 Å². The molecule has 0 aromatic carbocycles. The van der Waals surface area contributed by atoms with E-state index < -0.39 is 0 Å². The van der Waals surface area contributed by atoms with Gasteiger partial charge >= 0.3 is 0 Å².